The third kappa shape index (κ3) is 2.61. The van der Waals surface area contributed by atoms with E-state index in [0.29, 0.717) is 19.6 Å². The molecule has 1 aliphatic rings. The fourth-order valence-corrected chi connectivity index (χ4v) is 2.11. The van der Waals surface area contributed by atoms with E-state index in [1.54, 1.807) is 7.05 Å². The average molecular weight is 261 g/mol. The number of hydrogen-bond acceptors (Lipinski definition) is 3. The summed E-state index contributed by atoms with van der Waals surface area (Å²) in [5.41, 5.74) is 7.51. The van der Waals surface area contributed by atoms with Crippen LogP contribution in [0.1, 0.15) is 18.4 Å². The maximum Gasteiger partial charge on any atom is 0.316 e. The molecule has 1 aromatic carbocycles. The van der Waals surface area contributed by atoms with Crippen molar-refractivity contribution in [3.8, 4) is 0 Å². The summed E-state index contributed by atoms with van der Waals surface area (Å²) in [5, 5.41) is 0. The average Bonchev–Trinajstić information content (AvgIpc) is 2.44. The lowest BCUT2D eigenvalue weighted by Gasteiger charge is -2.31. The lowest BCUT2D eigenvalue weighted by molar-refractivity contribution is -0.145. The van der Waals surface area contributed by atoms with Crippen molar-refractivity contribution in [1.82, 2.24) is 4.90 Å². The predicted molar refractivity (Wildman–Crippen MR) is 73.9 cm³/mol. The van der Waals surface area contributed by atoms with Crippen LogP contribution < -0.4 is 10.6 Å². The Morgan fingerprint density at radius 2 is 2.00 bits per heavy atom. The van der Waals surface area contributed by atoms with Gasteiger partial charge in [-0.25, -0.2) is 0 Å². The van der Waals surface area contributed by atoms with Gasteiger partial charge in [-0.15, -0.1) is 0 Å². The Morgan fingerprint density at radius 3 is 2.68 bits per heavy atom. The highest BCUT2D eigenvalue weighted by Gasteiger charge is 2.31. The topological polar surface area (TPSA) is 66.6 Å². The first-order valence-corrected chi connectivity index (χ1v) is 6.41. The van der Waals surface area contributed by atoms with Crippen LogP contribution in [-0.4, -0.2) is 43.4 Å². The van der Waals surface area contributed by atoms with Crippen LogP contribution in [0.2, 0.25) is 0 Å². The molecule has 1 saturated heterocycles. The second kappa shape index (κ2) is 5.40. The highest BCUT2D eigenvalue weighted by molar-refractivity contribution is 6.40. The van der Waals surface area contributed by atoms with Crippen molar-refractivity contribution in [3.63, 3.8) is 0 Å². The molecule has 0 radical (unpaired) electrons. The normalized spacial score (nSPS) is 17.8. The SMILES string of the molecule is CC(CN)c1cccc(N2CCN(C)C(=O)C2=O)c1. The molecule has 1 unspecified atom stereocenters. The van der Waals surface area contributed by atoms with Gasteiger partial charge in [-0.3, -0.25) is 9.59 Å². The highest BCUT2D eigenvalue weighted by Crippen LogP contribution is 2.23. The first-order valence-electron chi connectivity index (χ1n) is 6.41. The Morgan fingerprint density at radius 1 is 1.26 bits per heavy atom. The van der Waals surface area contributed by atoms with E-state index in [1.165, 1.54) is 9.80 Å². The molecule has 19 heavy (non-hydrogen) atoms. The van der Waals surface area contributed by atoms with Crippen molar-refractivity contribution in [2.45, 2.75) is 12.8 Å². The Hall–Kier alpha value is -1.88. The van der Waals surface area contributed by atoms with E-state index < -0.39 is 11.8 Å². The van der Waals surface area contributed by atoms with Gasteiger partial charge in [0.25, 0.3) is 0 Å². The van der Waals surface area contributed by atoms with E-state index in [1.807, 2.05) is 31.2 Å². The largest absolute Gasteiger partial charge is 0.336 e. The number of nitrogens with two attached hydrogens (primary N) is 1. The van der Waals surface area contributed by atoms with Gasteiger partial charge in [0.15, 0.2) is 0 Å². The van der Waals surface area contributed by atoms with E-state index in [-0.39, 0.29) is 5.92 Å². The second-order valence-electron chi connectivity index (χ2n) is 4.92. The lowest BCUT2D eigenvalue weighted by atomic mass is 10.0. The summed E-state index contributed by atoms with van der Waals surface area (Å²) in [5.74, 6) is -0.687. The van der Waals surface area contributed by atoms with Crippen LogP contribution in [0.3, 0.4) is 0 Å². The molecule has 5 heteroatoms. The van der Waals surface area contributed by atoms with Gasteiger partial charge in [-0.2, -0.15) is 0 Å². The highest BCUT2D eigenvalue weighted by atomic mass is 16.2. The third-order valence-corrected chi connectivity index (χ3v) is 3.54. The summed E-state index contributed by atoms with van der Waals surface area (Å²) < 4.78 is 0. The fourth-order valence-electron chi connectivity index (χ4n) is 2.11. The number of anilines is 1. The molecule has 5 nitrogen and oxygen atoms in total. The van der Waals surface area contributed by atoms with E-state index in [9.17, 15) is 9.59 Å². The molecule has 0 spiro atoms. The molecule has 0 aromatic heterocycles. The monoisotopic (exact) mass is 261 g/mol. The number of nitrogens with zero attached hydrogens (tertiary/aromatic N) is 2. The Balaban J connectivity index is 2.27. The van der Waals surface area contributed by atoms with Gasteiger partial charge in [0, 0.05) is 25.8 Å². The summed E-state index contributed by atoms with van der Waals surface area (Å²) in [6, 6.07) is 7.67. The van der Waals surface area contributed by atoms with E-state index in [0.717, 1.165) is 11.3 Å². The van der Waals surface area contributed by atoms with E-state index in [2.05, 4.69) is 0 Å². The van der Waals surface area contributed by atoms with Crippen molar-refractivity contribution in [2.75, 3.05) is 31.6 Å². The Labute approximate surface area is 113 Å². The van der Waals surface area contributed by atoms with Gasteiger partial charge in [0.05, 0.1) is 0 Å². The van der Waals surface area contributed by atoms with Gasteiger partial charge in [0.2, 0.25) is 0 Å². The van der Waals surface area contributed by atoms with Crippen molar-refractivity contribution in [1.29, 1.82) is 0 Å². The van der Waals surface area contributed by atoms with Crippen LogP contribution in [0.4, 0.5) is 5.69 Å². The van der Waals surface area contributed by atoms with Crippen molar-refractivity contribution < 1.29 is 9.59 Å². The molecular weight excluding hydrogens is 242 g/mol. The van der Waals surface area contributed by atoms with Crippen LogP contribution >= 0.6 is 0 Å². The molecule has 102 valence electrons. The molecule has 2 rings (SSSR count). The smallest absolute Gasteiger partial charge is 0.316 e. The fraction of sp³-hybridized carbons (Fsp3) is 0.429. The number of carbonyl (C=O) groups is 2. The maximum absolute atomic E-state index is 12.0. The van der Waals surface area contributed by atoms with Crippen LogP contribution in [0.15, 0.2) is 24.3 Å². The minimum atomic E-state index is -0.466. The molecule has 0 bridgehead atoms. The molecule has 1 atom stereocenters. The van der Waals surface area contributed by atoms with Crippen molar-refractivity contribution >= 4 is 17.5 Å². The Bertz CT molecular complexity index is 501. The zero-order chi connectivity index (χ0) is 14.0. The minimum absolute atomic E-state index is 0.234. The number of likely N-dealkylation sites (N-methyl/N-ethyl adjacent to an activating group) is 1. The van der Waals surface area contributed by atoms with Gasteiger partial charge in [0.1, 0.15) is 0 Å². The maximum atomic E-state index is 12.0. The lowest BCUT2D eigenvalue weighted by Crippen LogP contribution is -2.53. The first kappa shape index (κ1) is 13.5. The number of piperazine rings is 1. The van der Waals surface area contributed by atoms with Gasteiger partial charge in [-0.05, 0) is 30.2 Å². The number of rotatable bonds is 3. The molecule has 1 fully saturated rings. The van der Waals surface area contributed by atoms with Gasteiger partial charge >= 0.3 is 11.8 Å². The second-order valence-corrected chi connectivity index (χ2v) is 4.92. The van der Waals surface area contributed by atoms with E-state index in [4.69, 9.17) is 5.73 Å². The summed E-state index contributed by atoms with van der Waals surface area (Å²) in [6.45, 7) is 3.68. The molecule has 2 amide bonds. The minimum Gasteiger partial charge on any atom is -0.336 e. The third-order valence-electron chi connectivity index (χ3n) is 3.54. The van der Waals surface area contributed by atoms with Crippen molar-refractivity contribution in [2.24, 2.45) is 5.73 Å². The summed E-state index contributed by atoms with van der Waals surface area (Å²) in [7, 11) is 1.64. The quantitative estimate of drug-likeness (QED) is 0.808. The molecular formula is C14H19N3O2. The van der Waals surface area contributed by atoms with Gasteiger partial charge in [-0.1, -0.05) is 19.1 Å². The van der Waals surface area contributed by atoms with Gasteiger partial charge < -0.3 is 15.5 Å². The zero-order valence-corrected chi connectivity index (χ0v) is 11.3. The summed E-state index contributed by atoms with van der Waals surface area (Å²) in [4.78, 5) is 26.7. The van der Waals surface area contributed by atoms with E-state index >= 15 is 0 Å². The standard InChI is InChI=1S/C14H19N3O2/c1-10(9-15)11-4-3-5-12(8-11)17-7-6-16(2)13(18)14(17)19/h3-5,8,10H,6-7,9,15H2,1-2H3. The number of carbonyl (C=O) groups excluding carboxylic acids is 2. The molecule has 1 aromatic rings. The molecule has 1 heterocycles. The van der Waals surface area contributed by atoms with Crippen LogP contribution in [0.25, 0.3) is 0 Å². The van der Waals surface area contributed by atoms with Crippen molar-refractivity contribution in [3.05, 3.63) is 29.8 Å². The first-order chi connectivity index (χ1) is 9.04. The summed E-state index contributed by atoms with van der Waals surface area (Å²) >= 11 is 0. The molecule has 0 aliphatic carbocycles. The number of benzene rings is 1. The molecule has 0 saturated carbocycles. The number of hydrogen-bond donors (Lipinski definition) is 1. The molecule has 1 aliphatic heterocycles. The predicted octanol–water partition coefficient (Wildman–Crippen LogP) is 0.554. The summed E-state index contributed by atoms with van der Waals surface area (Å²) in [6.07, 6.45) is 0. The van der Waals surface area contributed by atoms with Crippen LogP contribution in [0.5, 0.6) is 0 Å². The zero-order valence-electron chi connectivity index (χ0n) is 11.3. The Kier molecular flexibility index (Phi) is 3.85. The van der Waals surface area contributed by atoms with Crippen LogP contribution in [-0.2, 0) is 9.59 Å². The number of amides is 2. The molecule has 2 N–H and O–H groups in total. The van der Waals surface area contributed by atoms with Crippen LogP contribution in [0, 0.1) is 0 Å².